The Balaban J connectivity index is 1.05. The Morgan fingerprint density at radius 1 is 0.768 bits per heavy atom. The molecule has 1 aromatic heterocycles. The summed E-state index contributed by atoms with van der Waals surface area (Å²) in [6, 6.07) is 42.0. The number of para-hydroxylation sites is 1. The summed E-state index contributed by atoms with van der Waals surface area (Å²) < 4.78 is 43.3. The van der Waals surface area contributed by atoms with Gasteiger partial charge in [-0.05, 0) is 64.9 Å². The lowest BCUT2D eigenvalue weighted by molar-refractivity contribution is -0.264. The molecule has 56 heavy (non-hydrogen) atoms. The number of aliphatic hydroxyl groups is 2. The first-order valence-electron chi connectivity index (χ1n) is 18.9. The van der Waals surface area contributed by atoms with E-state index in [1.54, 1.807) is 24.4 Å². The Morgan fingerprint density at radius 2 is 1.45 bits per heavy atom. The lowest BCUT2D eigenvalue weighted by atomic mass is 9.81. The fourth-order valence-corrected chi connectivity index (χ4v) is 9.24. The number of nitrogens with zero attached hydrogens (tertiary/aromatic N) is 2. The van der Waals surface area contributed by atoms with Gasteiger partial charge in [-0.15, -0.1) is 0 Å². The molecule has 0 spiro atoms. The van der Waals surface area contributed by atoms with E-state index in [9.17, 15) is 18.6 Å². The molecule has 3 N–H and O–H groups in total. The molecular weight excluding hydrogens is 746 g/mol. The van der Waals surface area contributed by atoms with E-state index in [2.05, 4.69) is 26.7 Å². The van der Waals surface area contributed by atoms with Crippen molar-refractivity contribution in [1.82, 2.24) is 14.6 Å². The smallest absolute Gasteiger partial charge is 0.243 e. The number of aliphatic hydroxyl groups excluding tert-OH is 1. The average Bonchev–Trinajstić information content (AvgIpc) is 3.24. The lowest BCUT2D eigenvalue weighted by Gasteiger charge is -2.46. The number of ether oxygens (including phenoxy) is 2. The van der Waals surface area contributed by atoms with Gasteiger partial charge in [0, 0.05) is 54.3 Å². The van der Waals surface area contributed by atoms with Crippen LogP contribution in [0.1, 0.15) is 64.5 Å². The lowest BCUT2D eigenvalue weighted by Crippen LogP contribution is -2.49. The van der Waals surface area contributed by atoms with Crippen molar-refractivity contribution in [3.63, 3.8) is 0 Å². The number of likely N-dealkylation sites (tertiary alicyclic amines) is 1. The number of fused-ring (bicyclic) bond motifs is 1. The Labute approximate surface area is 332 Å². The van der Waals surface area contributed by atoms with Crippen molar-refractivity contribution in [3.8, 4) is 0 Å². The van der Waals surface area contributed by atoms with Crippen LogP contribution < -0.4 is 4.72 Å². The predicted molar refractivity (Wildman–Crippen MR) is 216 cm³/mol. The van der Waals surface area contributed by atoms with Gasteiger partial charge in [-0.3, -0.25) is 4.98 Å². The van der Waals surface area contributed by atoms with Gasteiger partial charge in [-0.25, -0.2) is 13.1 Å². The predicted octanol–water partition coefficient (Wildman–Crippen LogP) is 7.78. The maximum Gasteiger partial charge on any atom is 0.243 e. The number of aromatic nitrogens is 1. The summed E-state index contributed by atoms with van der Waals surface area (Å²) in [5.74, 6) is -0.165. The molecule has 0 amide bonds. The van der Waals surface area contributed by atoms with Gasteiger partial charge < -0.3 is 24.6 Å². The molecular formula is C45H44ClN3O6S. The minimum absolute atomic E-state index is 0.0546. The van der Waals surface area contributed by atoms with Gasteiger partial charge in [0.05, 0.1) is 29.9 Å². The standard InChI is InChI=1S/C45H44ClN3O6S/c46-38-21-19-37(20-22-38)45(51)23-26-49(27-24-45)29-39-41(33-6-2-1-3-7-33)43(35-15-13-32(30-50)14-16-35)55-44(54-39)36-17-11-31(12-18-36)28-48-56(52,53)40-10-4-8-34-9-5-25-47-42(34)40/h1-22,25,39,41,43-44,48,50-51H,23-24,26-30H2. The zero-order chi connectivity index (χ0) is 38.7. The molecule has 5 aromatic carbocycles. The summed E-state index contributed by atoms with van der Waals surface area (Å²) in [6.45, 7) is 2.02. The maximum atomic E-state index is 13.4. The van der Waals surface area contributed by atoms with Gasteiger partial charge in [-0.1, -0.05) is 121 Å². The first-order valence-corrected chi connectivity index (χ1v) is 20.7. The zero-order valence-corrected chi connectivity index (χ0v) is 32.3. The SMILES string of the molecule is O=S(=O)(NCc1ccc(C2OC(CN3CCC(O)(c4ccc(Cl)cc4)CC3)C(c3ccccc3)C(c3ccc(CO)cc3)O2)cc1)c1cccc2cccnc12. The fourth-order valence-electron chi connectivity index (χ4n) is 7.92. The quantitative estimate of drug-likeness (QED) is 0.122. The molecule has 0 bridgehead atoms. The van der Waals surface area contributed by atoms with Crippen molar-refractivity contribution in [2.75, 3.05) is 19.6 Å². The monoisotopic (exact) mass is 789 g/mol. The zero-order valence-electron chi connectivity index (χ0n) is 30.7. The van der Waals surface area contributed by atoms with Crippen LogP contribution in [0.2, 0.25) is 5.02 Å². The Morgan fingerprint density at radius 3 is 2.16 bits per heavy atom. The summed E-state index contributed by atoms with van der Waals surface area (Å²) in [4.78, 5) is 6.81. The van der Waals surface area contributed by atoms with E-state index in [0.717, 1.165) is 38.8 Å². The Bertz CT molecular complexity index is 2350. The number of hydrogen-bond donors (Lipinski definition) is 3. The van der Waals surface area contributed by atoms with Crippen LogP contribution in [-0.2, 0) is 38.2 Å². The summed E-state index contributed by atoms with van der Waals surface area (Å²) in [6.07, 6.45) is 1.35. The van der Waals surface area contributed by atoms with Crippen LogP contribution in [-0.4, -0.2) is 54.3 Å². The molecule has 2 aliphatic rings. The van der Waals surface area contributed by atoms with Crippen LogP contribution in [0.15, 0.2) is 145 Å². The van der Waals surface area contributed by atoms with Crippen LogP contribution >= 0.6 is 11.6 Å². The number of hydrogen-bond acceptors (Lipinski definition) is 8. The minimum Gasteiger partial charge on any atom is -0.392 e. The van der Waals surface area contributed by atoms with Gasteiger partial charge in [0.2, 0.25) is 10.0 Å². The number of rotatable bonds is 11. The number of sulfonamides is 1. The number of nitrogens with one attached hydrogen (secondary N) is 1. The molecule has 2 saturated heterocycles. The van der Waals surface area contributed by atoms with E-state index in [4.69, 9.17) is 21.1 Å². The molecule has 11 heteroatoms. The van der Waals surface area contributed by atoms with E-state index >= 15 is 0 Å². The molecule has 0 aliphatic carbocycles. The van der Waals surface area contributed by atoms with Gasteiger partial charge >= 0.3 is 0 Å². The molecule has 4 unspecified atom stereocenters. The molecule has 0 saturated carbocycles. The van der Waals surface area contributed by atoms with Crippen LogP contribution in [0.25, 0.3) is 10.9 Å². The second-order valence-corrected chi connectivity index (χ2v) is 16.8. The maximum absolute atomic E-state index is 13.4. The van der Waals surface area contributed by atoms with Crippen LogP contribution in [0, 0.1) is 0 Å². The van der Waals surface area contributed by atoms with Gasteiger partial charge in [-0.2, -0.15) is 0 Å². The van der Waals surface area contributed by atoms with E-state index in [1.807, 2.05) is 103 Å². The molecule has 3 heterocycles. The van der Waals surface area contributed by atoms with Gasteiger partial charge in [0.15, 0.2) is 6.29 Å². The Kier molecular flexibility index (Phi) is 11.3. The second-order valence-electron chi connectivity index (χ2n) is 14.6. The van der Waals surface area contributed by atoms with E-state index in [1.165, 1.54) is 0 Å². The molecule has 0 radical (unpaired) electrons. The van der Waals surface area contributed by atoms with Crippen molar-refractivity contribution in [3.05, 3.63) is 178 Å². The van der Waals surface area contributed by atoms with Crippen molar-refractivity contribution in [2.45, 2.75) is 60.9 Å². The highest BCUT2D eigenvalue weighted by Crippen LogP contribution is 2.47. The van der Waals surface area contributed by atoms with Crippen LogP contribution in [0.4, 0.5) is 0 Å². The fraction of sp³-hybridized carbons (Fsp3) is 0.267. The number of pyridine rings is 1. The number of benzene rings is 5. The molecule has 4 atom stereocenters. The van der Waals surface area contributed by atoms with Crippen LogP contribution in [0.5, 0.6) is 0 Å². The molecule has 9 nitrogen and oxygen atoms in total. The van der Waals surface area contributed by atoms with E-state index in [-0.39, 0.29) is 36.2 Å². The van der Waals surface area contributed by atoms with Crippen molar-refractivity contribution >= 4 is 32.5 Å². The van der Waals surface area contributed by atoms with Crippen molar-refractivity contribution in [1.29, 1.82) is 0 Å². The van der Waals surface area contributed by atoms with Crippen LogP contribution in [0.3, 0.4) is 0 Å². The summed E-state index contributed by atoms with van der Waals surface area (Å²) >= 11 is 6.14. The normalized spacial score (nSPS) is 21.6. The first-order chi connectivity index (χ1) is 27.2. The highest BCUT2D eigenvalue weighted by molar-refractivity contribution is 7.89. The third kappa shape index (κ3) is 8.30. The first kappa shape index (κ1) is 38.4. The third-order valence-corrected chi connectivity index (χ3v) is 12.8. The minimum atomic E-state index is -3.84. The highest BCUT2D eigenvalue weighted by Gasteiger charge is 2.44. The van der Waals surface area contributed by atoms with Gasteiger partial charge in [0.1, 0.15) is 4.90 Å². The Hall–Kier alpha value is -4.49. The second kappa shape index (κ2) is 16.5. The van der Waals surface area contributed by atoms with Crippen molar-refractivity contribution in [2.24, 2.45) is 0 Å². The molecule has 2 aliphatic heterocycles. The van der Waals surface area contributed by atoms with E-state index < -0.39 is 21.9 Å². The number of halogens is 1. The topological polar surface area (TPSA) is 121 Å². The number of piperidine rings is 1. The summed E-state index contributed by atoms with van der Waals surface area (Å²) in [7, 11) is -3.84. The third-order valence-electron chi connectivity index (χ3n) is 11.1. The summed E-state index contributed by atoms with van der Waals surface area (Å²) in [5, 5.41) is 22.8. The van der Waals surface area contributed by atoms with Crippen molar-refractivity contribution < 1.29 is 28.1 Å². The molecule has 288 valence electrons. The van der Waals surface area contributed by atoms with Gasteiger partial charge in [0.25, 0.3) is 0 Å². The average molecular weight is 790 g/mol. The molecule has 6 aromatic rings. The van der Waals surface area contributed by atoms with E-state index in [0.29, 0.717) is 43.0 Å². The highest BCUT2D eigenvalue weighted by atomic mass is 35.5. The molecule has 8 rings (SSSR count). The molecule has 2 fully saturated rings. The summed E-state index contributed by atoms with van der Waals surface area (Å²) in [5.41, 5.74) is 4.82. The largest absolute Gasteiger partial charge is 0.392 e.